The largest absolute Gasteiger partial charge is 0.496 e. The monoisotopic (exact) mass is 412 g/mol. The minimum Gasteiger partial charge on any atom is -0.496 e. The summed E-state index contributed by atoms with van der Waals surface area (Å²) in [7, 11) is 1.58. The van der Waals surface area contributed by atoms with E-state index >= 15 is 0 Å². The predicted molar refractivity (Wildman–Crippen MR) is 108 cm³/mol. The summed E-state index contributed by atoms with van der Waals surface area (Å²) in [4.78, 5) is 17.4. The Kier molecular flexibility index (Phi) is 5.53. The van der Waals surface area contributed by atoms with Crippen molar-refractivity contribution in [1.29, 1.82) is 0 Å². The van der Waals surface area contributed by atoms with Gasteiger partial charge in [0.25, 0.3) is 5.89 Å². The van der Waals surface area contributed by atoms with Crippen molar-refractivity contribution in [2.45, 2.75) is 37.7 Å². The van der Waals surface area contributed by atoms with Crippen LogP contribution in [0.5, 0.6) is 5.75 Å². The summed E-state index contributed by atoms with van der Waals surface area (Å²) in [6.45, 7) is -0.0731. The van der Waals surface area contributed by atoms with Crippen LogP contribution >= 0.6 is 11.6 Å². The molecule has 4 rings (SSSR count). The van der Waals surface area contributed by atoms with Crippen molar-refractivity contribution < 1.29 is 18.8 Å². The standard InChI is InChI=1S/C22H21ClN2O4/c1-27-18-7-3-2-6-17(18)20-24-19(29-25-20)14-28-21(26)22(12-4-5-13-22)15-8-10-16(23)11-9-15/h2-3,6-11H,4-5,12-14H2,1H3. The van der Waals surface area contributed by atoms with E-state index in [9.17, 15) is 4.79 Å². The molecule has 0 unspecified atom stereocenters. The van der Waals surface area contributed by atoms with Crippen LogP contribution in [-0.4, -0.2) is 23.2 Å². The SMILES string of the molecule is COc1ccccc1-c1noc(COC(=O)C2(c3ccc(Cl)cc3)CCCC2)n1. The van der Waals surface area contributed by atoms with Crippen LogP contribution in [0.25, 0.3) is 11.4 Å². The minimum atomic E-state index is -0.643. The first-order valence-corrected chi connectivity index (χ1v) is 9.89. The van der Waals surface area contributed by atoms with Gasteiger partial charge in [0.05, 0.1) is 18.1 Å². The number of esters is 1. The maximum Gasteiger partial charge on any atom is 0.317 e. The number of rotatable bonds is 6. The number of aromatic nitrogens is 2. The zero-order valence-electron chi connectivity index (χ0n) is 16.1. The fraction of sp³-hybridized carbons (Fsp3) is 0.318. The molecule has 1 aliphatic carbocycles. The summed E-state index contributed by atoms with van der Waals surface area (Å²) in [5, 5.41) is 4.63. The Hall–Kier alpha value is -2.86. The summed E-state index contributed by atoms with van der Waals surface area (Å²) in [6, 6.07) is 14.8. The number of hydrogen-bond acceptors (Lipinski definition) is 6. The molecule has 29 heavy (non-hydrogen) atoms. The molecule has 0 N–H and O–H groups in total. The Morgan fingerprint density at radius 1 is 1.14 bits per heavy atom. The molecule has 0 radical (unpaired) electrons. The van der Waals surface area contributed by atoms with Crippen LogP contribution in [0.4, 0.5) is 0 Å². The molecule has 0 spiro atoms. The maximum absolute atomic E-state index is 13.0. The first-order valence-electron chi connectivity index (χ1n) is 9.52. The molecule has 0 bridgehead atoms. The van der Waals surface area contributed by atoms with Gasteiger partial charge in [-0.25, -0.2) is 0 Å². The van der Waals surface area contributed by atoms with Gasteiger partial charge in [0.1, 0.15) is 5.75 Å². The second-order valence-electron chi connectivity index (χ2n) is 7.08. The Balaban J connectivity index is 1.49. The molecule has 3 aromatic rings. The molecule has 2 aromatic carbocycles. The average molecular weight is 413 g/mol. The van der Waals surface area contributed by atoms with Gasteiger partial charge < -0.3 is 14.0 Å². The van der Waals surface area contributed by atoms with Gasteiger partial charge in [-0.1, -0.05) is 53.9 Å². The first-order chi connectivity index (χ1) is 14.1. The Morgan fingerprint density at radius 2 is 1.86 bits per heavy atom. The first kappa shape index (κ1) is 19.5. The summed E-state index contributed by atoms with van der Waals surface area (Å²) in [5.41, 5.74) is 1.00. The van der Waals surface area contributed by atoms with E-state index < -0.39 is 5.41 Å². The summed E-state index contributed by atoms with van der Waals surface area (Å²) < 4.78 is 16.2. The van der Waals surface area contributed by atoms with E-state index in [-0.39, 0.29) is 18.5 Å². The highest BCUT2D eigenvalue weighted by molar-refractivity contribution is 6.30. The van der Waals surface area contributed by atoms with Gasteiger partial charge in [-0.05, 0) is 42.7 Å². The van der Waals surface area contributed by atoms with Gasteiger partial charge in [0.2, 0.25) is 5.82 Å². The highest BCUT2D eigenvalue weighted by Gasteiger charge is 2.44. The van der Waals surface area contributed by atoms with Gasteiger partial charge in [-0.3, -0.25) is 4.79 Å². The van der Waals surface area contributed by atoms with Crippen molar-refractivity contribution in [3.63, 3.8) is 0 Å². The van der Waals surface area contributed by atoms with Crippen LogP contribution in [0.2, 0.25) is 5.02 Å². The van der Waals surface area contributed by atoms with Crippen LogP contribution in [0.1, 0.15) is 37.1 Å². The van der Waals surface area contributed by atoms with Crippen LogP contribution in [0.15, 0.2) is 53.1 Å². The van der Waals surface area contributed by atoms with Crippen molar-refractivity contribution >= 4 is 17.6 Å². The van der Waals surface area contributed by atoms with Crippen molar-refractivity contribution in [3.05, 3.63) is 65.0 Å². The number of methoxy groups -OCH3 is 1. The lowest BCUT2D eigenvalue weighted by Crippen LogP contribution is -2.34. The minimum absolute atomic E-state index is 0.0731. The zero-order chi connectivity index (χ0) is 20.3. The highest BCUT2D eigenvalue weighted by Crippen LogP contribution is 2.42. The fourth-order valence-corrected chi connectivity index (χ4v) is 4.00. The van der Waals surface area contributed by atoms with E-state index in [0.29, 0.717) is 22.2 Å². The molecule has 7 heteroatoms. The molecule has 150 valence electrons. The third kappa shape index (κ3) is 3.85. The number of ether oxygens (including phenoxy) is 2. The zero-order valence-corrected chi connectivity index (χ0v) is 16.8. The second-order valence-corrected chi connectivity index (χ2v) is 7.52. The Morgan fingerprint density at radius 3 is 2.59 bits per heavy atom. The highest BCUT2D eigenvalue weighted by atomic mass is 35.5. The van der Waals surface area contributed by atoms with E-state index in [1.807, 2.05) is 48.5 Å². The number of para-hydroxylation sites is 1. The molecule has 6 nitrogen and oxygen atoms in total. The predicted octanol–water partition coefficient (Wildman–Crippen LogP) is 4.95. The summed E-state index contributed by atoms with van der Waals surface area (Å²) in [5.74, 6) is 1.00. The normalized spacial score (nSPS) is 15.2. The van der Waals surface area contributed by atoms with Crippen molar-refractivity contribution in [3.8, 4) is 17.1 Å². The molecule has 0 aliphatic heterocycles. The number of halogens is 1. The fourth-order valence-electron chi connectivity index (χ4n) is 3.88. The Bertz CT molecular complexity index is 994. The molecule has 1 aromatic heterocycles. The molecule has 0 saturated heterocycles. The lowest BCUT2D eigenvalue weighted by molar-refractivity contribution is -0.152. The number of nitrogens with zero attached hydrogens (tertiary/aromatic N) is 2. The lowest BCUT2D eigenvalue weighted by atomic mass is 9.79. The molecule has 1 heterocycles. The molecule has 0 atom stereocenters. The van der Waals surface area contributed by atoms with Gasteiger partial charge in [-0.15, -0.1) is 0 Å². The van der Waals surface area contributed by atoms with E-state index in [4.69, 9.17) is 25.6 Å². The third-order valence-electron chi connectivity index (χ3n) is 5.39. The van der Waals surface area contributed by atoms with Gasteiger partial charge in [-0.2, -0.15) is 4.98 Å². The number of hydrogen-bond donors (Lipinski definition) is 0. The maximum atomic E-state index is 13.0. The van der Waals surface area contributed by atoms with Gasteiger partial charge >= 0.3 is 5.97 Å². The third-order valence-corrected chi connectivity index (χ3v) is 5.64. The Labute approximate surface area is 173 Å². The molecule has 1 aliphatic rings. The number of carbonyl (C=O) groups is 1. The van der Waals surface area contributed by atoms with Crippen molar-refractivity contribution in [2.24, 2.45) is 0 Å². The second kappa shape index (κ2) is 8.25. The number of benzene rings is 2. The lowest BCUT2D eigenvalue weighted by Gasteiger charge is -2.27. The van der Waals surface area contributed by atoms with E-state index in [0.717, 1.165) is 31.2 Å². The van der Waals surface area contributed by atoms with Crippen molar-refractivity contribution in [1.82, 2.24) is 10.1 Å². The van der Waals surface area contributed by atoms with Crippen LogP contribution in [-0.2, 0) is 21.6 Å². The van der Waals surface area contributed by atoms with Gasteiger partial charge in [0.15, 0.2) is 6.61 Å². The smallest absolute Gasteiger partial charge is 0.317 e. The molecular formula is C22H21ClN2O4. The van der Waals surface area contributed by atoms with E-state index in [1.54, 1.807) is 7.11 Å². The van der Waals surface area contributed by atoms with Crippen LogP contribution < -0.4 is 4.74 Å². The van der Waals surface area contributed by atoms with Crippen LogP contribution in [0, 0.1) is 0 Å². The molecule has 1 saturated carbocycles. The van der Waals surface area contributed by atoms with Gasteiger partial charge in [0, 0.05) is 5.02 Å². The molecule has 1 fully saturated rings. The number of carbonyl (C=O) groups excluding carboxylic acids is 1. The van der Waals surface area contributed by atoms with Crippen LogP contribution in [0.3, 0.4) is 0 Å². The molecule has 0 amide bonds. The van der Waals surface area contributed by atoms with Crippen molar-refractivity contribution in [2.75, 3.05) is 7.11 Å². The summed E-state index contributed by atoms with van der Waals surface area (Å²) in [6.07, 6.45) is 3.47. The molecular weight excluding hydrogens is 392 g/mol. The quantitative estimate of drug-likeness (QED) is 0.533. The topological polar surface area (TPSA) is 74.5 Å². The average Bonchev–Trinajstić information content (AvgIpc) is 3.43. The summed E-state index contributed by atoms with van der Waals surface area (Å²) >= 11 is 6.01. The van der Waals surface area contributed by atoms with E-state index in [2.05, 4.69) is 10.1 Å². The van der Waals surface area contributed by atoms with E-state index in [1.165, 1.54) is 0 Å².